The number of nitrogens with one attached hydrogen (secondary N) is 1. The molecule has 2 heterocycles. The summed E-state index contributed by atoms with van der Waals surface area (Å²) in [4.78, 5) is 11.9. The minimum atomic E-state index is -0.253. The van der Waals surface area contributed by atoms with Crippen LogP contribution in [0.15, 0.2) is 24.3 Å². The molecule has 0 saturated heterocycles. The molecule has 0 aliphatic carbocycles. The van der Waals surface area contributed by atoms with Gasteiger partial charge in [-0.1, -0.05) is 24.6 Å². The van der Waals surface area contributed by atoms with Gasteiger partial charge in [0.15, 0.2) is 0 Å². The predicted octanol–water partition coefficient (Wildman–Crippen LogP) is 2.44. The smallest absolute Gasteiger partial charge is 0.220 e. The fraction of sp³-hybridized carbons (Fsp3) is 0.500. The molecule has 1 N–H and O–H groups in total. The number of carbonyl (C=O) groups is 1. The molecule has 0 bridgehead atoms. The van der Waals surface area contributed by atoms with Crippen molar-refractivity contribution in [2.45, 2.75) is 51.5 Å². The SMILES string of the molecule is O=C(CCc1ccccc1F)NCCc1nnc2n1CCCCC2. The second-order valence-electron chi connectivity index (χ2n) is 6.19. The van der Waals surface area contributed by atoms with Gasteiger partial charge in [-0.25, -0.2) is 4.39 Å². The number of hydrogen-bond acceptors (Lipinski definition) is 3. The van der Waals surface area contributed by atoms with Crippen molar-refractivity contribution >= 4 is 5.91 Å². The number of nitrogens with zero attached hydrogens (tertiary/aromatic N) is 3. The maximum absolute atomic E-state index is 13.5. The zero-order valence-corrected chi connectivity index (χ0v) is 13.8. The Morgan fingerprint density at radius 2 is 2.04 bits per heavy atom. The van der Waals surface area contributed by atoms with Gasteiger partial charge in [0.1, 0.15) is 17.5 Å². The van der Waals surface area contributed by atoms with Crippen LogP contribution in [0.4, 0.5) is 4.39 Å². The van der Waals surface area contributed by atoms with Crippen LogP contribution in [0.3, 0.4) is 0 Å². The third-order valence-electron chi connectivity index (χ3n) is 4.44. The lowest BCUT2D eigenvalue weighted by atomic mass is 10.1. The van der Waals surface area contributed by atoms with Crippen molar-refractivity contribution in [3.05, 3.63) is 47.3 Å². The van der Waals surface area contributed by atoms with Crippen LogP contribution >= 0.6 is 0 Å². The van der Waals surface area contributed by atoms with Crippen molar-refractivity contribution in [3.63, 3.8) is 0 Å². The Morgan fingerprint density at radius 3 is 2.92 bits per heavy atom. The lowest BCUT2D eigenvalue weighted by Crippen LogP contribution is -2.26. The molecule has 0 fully saturated rings. The van der Waals surface area contributed by atoms with E-state index in [0.29, 0.717) is 31.4 Å². The molecule has 1 aliphatic rings. The van der Waals surface area contributed by atoms with E-state index in [1.165, 1.54) is 18.9 Å². The first-order valence-electron chi connectivity index (χ1n) is 8.65. The van der Waals surface area contributed by atoms with Gasteiger partial charge >= 0.3 is 0 Å². The normalized spacial score (nSPS) is 14.0. The third kappa shape index (κ3) is 4.19. The molecule has 5 nitrogen and oxygen atoms in total. The van der Waals surface area contributed by atoms with Gasteiger partial charge in [-0.3, -0.25) is 4.79 Å². The number of rotatable bonds is 6. The van der Waals surface area contributed by atoms with Crippen LogP contribution < -0.4 is 5.32 Å². The first kappa shape index (κ1) is 16.6. The number of carbonyl (C=O) groups excluding carboxylic acids is 1. The summed E-state index contributed by atoms with van der Waals surface area (Å²) in [7, 11) is 0. The Hall–Kier alpha value is -2.24. The van der Waals surface area contributed by atoms with Crippen molar-refractivity contribution in [1.29, 1.82) is 0 Å². The molecule has 0 unspecified atom stereocenters. The van der Waals surface area contributed by atoms with Gasteiger partial charge in [0.05, 0.1) is 0 Å². The van der Waals surface area contributed by atoms with E-state index in [9.17, 15) is 9.18 Å². The van der Waals surface area contributed by atoms with Gasteiger partial charge in [-0.15, -0.1) is 10.2 Å². The van der Waals surface area contributed by atoms with Crippen molar-refractivity contribution in [1.82, 2.24) is 20.1 Å². The Kier molecular flexibility index (Phi) is 5.56. The highest BCUT2D eigenvalue weighted by Crippen LogP contribution is 2.14. The van der Waals surface area contributed by atoms with E-state index in [1.807, 2.05) is 0 Å². The van der Waals surface area contributed by atoms with E-state index in [-0.39, 0.29) is 11.7 Å². The van der Waals surface area contributed by atoms with Crippen LogP contribution in [-0.2, 0) is 30.6 Å². The number of amides is 1. The van der Waals surface area contributed by atoms with Crippen LogP contribution in [0.2, 0.25) is 0 Å². The van der Waals surface area contributed by atoms with Gasteiger partial charge < -0.3 is 9.88 Å². The second-order valence-corrected chi connectivity index (χ2v) is 6.19. The summed E-state index contributed by atoms with van der Waals surface area (Å²) in [5.41, 5.74) is 0.579. The zero-order valence-electron chi connectivity index (χ0n) is 13.8. The van der Waals surface area contributed by atoms with E-state index >= 15 is 0 Å². The number of fused-ring (bicyclic) bond motifs is 1. The average Bonchev–Trinajstić information content (AvgIpc) is 2.81. The molecule has 6 heteroatoms. The molecular formula is C18H23FN4O. The molecule has 2 aromatic rings. The molecule has 0 atom stereocenters. The number of aromatic nitrogens is 3. The van der Waals surface area contributed by atoms with Crippen molar-refractivity contribution in [3.8, 4) is 0 Å². The molecule has 1 aromatic heterocycles. The van der Waals surface area contributed by atoms with E-state index in [1.54, 1.807) is 18.2 Å². The molecule has 0 saturated carbocycles. The van der Waals surface area contributed by atoms with Crippen molar-refractivity contribution < 1.29 is 9.18 Å². The van der Waals surface area contributed by atoms with Crippen LogP contribution in [0.25, 0.3) is 0 Å². The monoisotopic (exact) mass is 330 g/mol. The van der Waals surface area contributed by atoms with Crippen LogP contribution in [0, 0.1) is 5.82 Å². The quantitative estimate of drug-likeness (QED) is 0.885. The molecule has 1 aromatic carbocycles. The highest BCUT2D eigenvalue weighted by molar-refractivity contribution is 5.76. The molecule has 1 aliphatic heterocycles. The Bertz CT molecular complexity index is 698. The van der Waals surface area contributed by atoms with Crippen LogP contribution in [0.1, 0.15) is 42.9 Å². The van der Waals surface area contributed by atoms with Crippen LogP contribution in [0.5, 0.6) is 0 Å². The fourth-order valence-corrected chi connectivity index (χ4v) is 3.08. The van der Waals surface area contributed by atoms with Crippen molar-refractivity contribution in [2.75, 3.05) is 6.54 Å². The molecule has 24 heavy (non-hydrogen) atoms. The number of benzene rings is 1. The van der Waals surface area contributed by atoms with Gasteiger partial charge in [0.25, 0.3) is 0 Å². The van der Waals surface area contributed by atoms with Gasteiger partial charge in [-0.05, 0) is 30.9 Å². The molecule has 0 spiro atoms. The van der Waals surface area contributed by atoms with E-state index in [0.717, 1.165) is 31.0 Å². The maximum atomic E-state index is 13.5. The Morgan fingerprint density at radius 1 is 1.17 bits per heavy atom. The minimum Gasteiger partial charge on any atom is -0.356 e. The summed E-state index contributed by atoms with van der Waals surface area (Å²) < 4.78 is 15.7. The molecule has 3 rings (SSSR count). The first-order valence-corrected chi connectivity index (χ1v) is 8.65. The lowest BCUT2D eigenvalue weighted by molar-refractivity contribution is -0.121. The van der Waals surface area contributed by atoms with Gasteiger partial charge in [-0.2, -0.15) is 0 Å². The summed E-state index contributed by atoms with van der Waals surface area (Å²) in [5, 5.41) is 11.4. The average molecular weight is 330 g/mol. The van der Waals surface area contributed by atoms with E-state index in [2.05, 4.69) is 20.1 Å². The maximum Gasteiger partial charge on any atom is 0.220 e. The van der Waals surface area contributed by atoms with Crippen molar-refractivity contribution in [2.24, 2.45) is 0 Å². The van der Waals surface area contributed by atoms with Gasteiger partial charge in [0, 0.05) is 32.4 Å². The number of aryl methyl sites for hydroxylation is 2. The Balaban J connectivity index is 1.44. The van der Waals surface area contributed by atoms with Crippen LogP contribution in [-0.4, -0.2) is 27.2 Å². The lowest BCUT2D eigenvalue weighted by Gasteiger charge is -2.08. The summed E-state index contributed by atoms with van der Waals surface area (Å²) in [5.74, 6) is 1.69. The molecule has 0 radical (unpaired) electrons. The van der Waals surface area contributed by atoms with E-state index < -0.39 is 0 Å². The predicted molar refractivity (Wildman–Crippen MR) is 89.0 cm³/mol. The summed E-state index contributed by atoms with van der Waals surface area (Å²) >= 11 is 0. The molecule has 128 valence electrons. The minimum absolute atomic E-state index is 0.0612. The third-order valence-corrected chi connectivity index (χ3v) is 4.44. The first-order chi connectivity index (χ1) is 11.7. The number of hydrogen-bond donors (Lipinski definition) is 1. The largest absolute Gasteiger partial charge is 0.356 e. The summed E-state index contributed by atoms with van der Waals surface area (Å²) in [6, 6.07) is 6.58. The molecular weight excluding hydrogens is 307 g/mol. The standard InChI is InChI=1S/C18H23FN4O/c19-15-7-4-3-6-14(15)9-10-18(24)20-12-11-17-22-21-16-8-2-1-5-13-23(16)17/h3-4,6-7H,1-2,5,8-13H2,(H,20,24). The Labute approximate surface area is 141 Å². The highest BCUT2D eigenvalue weighted by Gasteiger charge is 2.14. The second kappa shape index (κ2) is 8.04. The summed E-state index contributed by atoms with van der Waals surface area (Å²) in [6.45, 7) is 1.51. The van der Waals surface area contributed by atoms with E-state index in [4.69, 9.17) is 0 Å². The molecule has 1 amide bonds. The fourth-order valence-electron chi connectivity index (χ4n) is 3.08. The number of halogens is 1. The zero-order chi connectivity index (χ0) is 16.8. The summed E-state index contributed by atoms with van der Waals surface area (Å²) in [6.07, 6.45) is 5.94. The van der Waals surface area contributed by atoms with Gasteiger partial charge in [0.2, 0.25) is 5.91 Å². The topological polar surface area (TPSA) is 59.8 Å². The highest BCUT2D eigenvalue weighted by atomic mass is 19.1.